The van der Waals surface area contributed by atoms with Crippen LogP contribution in [0.1, 0.15) is 38.3 Å². The lowest BCUT2D eigenvalue weighted by molar-refractivity contribution is -0.131. The van der Waals surface area contributed by atoms with E-state index in [4.69, 9.17) is 0 Å². The number of aliphatic hydroxyl groups excluding tert-OH is 1. The molecule has 2 unspecified atom stereocenters. The summed E-state index contributed by atoms with van der Waals surface area (Å²) in [6.07, 6.45) is 4.72. The summed E-state index contributed by atoms with van der Waals surface area (Å²) in [5.74, 6) is -2.23. The number of nitrogens with one attached hydrogen (secondary N) is 1. The molecular weight excluding hydrogens is 555 g/mol. The molecule has 1 aliphatic carbocycles. The Morgan fingerprint density at radius 1 is 1.14 bits per heavy atom. The summed E-state index contributed by atoms with van der Waals surface area (Å²) in [6, 6.07) is 6.13. The van der Waals surface area contributed by atoms with Gasteiger partial charge >= 0.3 is 0 Å². The van der Waals surface area contributed by atoms with Gasteiger partial charge in [0.1, 0.15) is 11.5 Å². The molecule has 0 aliphatic heterocycles. The number of hydrogen-bond acceptors (Lipinski definition) is 7. The molecule has 0 bridgehead atoms. The molecule has 0 saturated heterocycles. The topological polar surface area (TPSA) is 139 Å². The SMILES string of the molecule is CN(C)C(=O)C1CC1C(=O)Nc1cc(-c2ccnc(-n3ncc4cc(C(C)(C)C)cc(F)c4c3=O)c2CO)cn(C)c1=O. The van der Waals surface area contributed by atoms with Crippen molar-refractivity contribution < 1.29 is 19.1 Å². The average molecular weight is 589 g/mol. The first-order valence-electron chi connectivity index (χ1n) is 13.8. The maximum atomic E-state index is 15.3. The number of hydrogen-bond donors (Lipinski definition) is 2. The molecule has 4 aromatic rings. The van der Waals surface area contributed by atoms with Crippen molar-refractivity contribution >= 4 is 28.3 Å². The minimum Gasteiger partial charge on any atom is -0.392 e. The van der Waals surface area contributed by atoms with Gasteiger partial charge in [0.2, 0.25) is 11.8 Å². The maximum absolute atomic E-state index is 15.3. The highest BCUT2D eigenvalue weighted by Crippen LogP contribution is 2.40. The summed E-state index contributed by atoms with van der Waals surface area (Å²) in [5, 5.41) is 17.5. The van der Waals surface area contributed by atoms with Crippen LogP contribution in [0.25, 0.3) is 27.7 Å². The zero-order valence-electron chi connectivity index (χ0n) is 24.8. The van der Waals surface area contributed by atoms with Gasteiger partial charge in [-0.2, -0.15) is 9.78 Å². The molecule has 1 fully saturated rings. The Hall–Kier alpha value is -4.71. The van der Waals surface area contributed by atoms with Crippen LogP contribution in [0, 0.1) is 17.7 Å². The third-order valence-corrected chi connectivity index (χ3v) is 7.73. The van der Waals surface area contributed by atoms with E-state index in [0.29, 0.717) is 28.5 Å². The van der Waals surface area contributed by atoms with Crippen LogP contribution in [-0.2, 0) is 28.7 Å². The van der Waals surface area contributed by atoms with Gasteiger partial charge in [-0.3, -0.25) is 19.2 Å². The molecule has 2 amide bonds. The molecule has 0 spiro atoms. The molecule has 0 radical (unpaired) electrons. The fraction of sp³-hybridized carbons (Fsp3) is 0.355. The van der Waals surface area contributed by atoms with Crippen LogP contribution in [0.5, 0.6) is 0 Å². The maximum Gasteiger partial charge on any atom is 0.283 e. The van der Waals surface area contributed by atoms with Gasteiger partial charge in [-0.25, -0.2) is 9.37 Å². The number of amides is 2. The van der Waals surface area contributed by atoms with Crippen LogP contribution in [0.2, 0.25) is 0 Å². The highest BCUT2D eigenvalue weighted by Gasteiger charge is 2.48. The van der Waals surface area contributed by atoms with Gasteiger partial charge in [-0.05, 0) is 47.2 Å². The van der Waals surface area contributed by atoms with Gasteiger partial charge in [0.05, 0.1) is 30.0 Å². The van der Waals surface area contributed by atoms with E-state index in [9.17, 15) is 24.3 Å². The van der Waals surface area contributed by atoms with E-state index in [0.717, 1.165) is 4.68 Å². The summed E-state index contributed by atoms with van der Waals surface area (Å²) in [4.78, 5) is 57.2. The number of carbonyl (C=O) groups excluding carboxylic acids is 2. The lowest BCUT2D eigenvalue weighted by Crippen LogP contribution is -2.28. The van der Waals surface area contributed by atoms with Crippen LogP contribution < -0.4 is 16.4 Å². The van der Waals surface area contributed by atoms with Gasteiger partial charge in [-0.1, -0.05) is 20.8 Å². The zero-order valence-corrected chi connectivity index (χ0v) is 24.8. The van der Waals surface area contributed by atoms with E-state index >= 15 is 4.39 Å². The lowest BCUT2D eigenvalue weighted by Gasteiger charge is -2.20. The van der Waals surface area contributed by atoms with Crippen LogP contribution in [0.15, 0.2) is 52.4 Å². The third kappa shape index (κ3) is 5.45. The molecule has 3 heterocycles. The smallest absolute Gasteiger partial charge is 0.283 e. The van der Waals surface area contributed by atoms with Crippen LogP contribution in [-0.4, -0.2) is 55.2 Å². The Kier molecular flexibility index (Phi) is 7.51. The molecular formula is C31H33FN6O5. The van der Waals surface area contributed by atoms with E-state index < -0.39 is 41.3 Å². The fourth-order valence-corrected chi connectivity index (χ4v) is 5.17. The van der Waals surface area contributed by atoms with Crippen LogP contribution in [0.3, 0.4) is 0 Å². The first-order chi connectivity index (χ1) is 20.2. The van der Waals surface area contributed by atoms with Crippen molar-refractivity contribution in [3.8, 4) is 16.9 Å². The molecule has 43 heavy (non-hydrogen) atoms. The predicted molar refractivity (Wildman–Crippen MR) is 159 cm³/mol. The number of carbonyl (C=O) groups is 2. The third-order valence-electron chi connectivity index (χ3n) is 7.73. The van der Waals surface area contributed by atoms with Crippen LogP contribution >= 0.6 is 0 Å². The number of anilines is 1. The first-order valence-corrected chi connectivity index (χ1v) is 13.8. The van der Waals surface area contributed by atoms with Crippen molar-refractivity contribution in [3.63, 3.8) is 0 Å². The van der Waals surface area contributed by atoms with Gasteiger partial charge < -0.3 is 19.9 Å². The van der Waals surface area contributed by atoms with Crippen molar-refractivity contribution in [1.29, 1.82) is 0 Å². The number of aromatic nitrogens is 4. The monoisotopic (exact) mass is 588 g/mol. The van der Waals surface area contributed by atoms with Gasteiger partial charge in [0, 0.05) is 50.0 Å². The van der Waals surface area contributed by atoms with Crippen LogP contribution in [0.4, 0.5) is 10.1 Å². The minimum atomic E-state index is -0.741. The molecule has 11 nitrogen and oxygen atoms in total. The Bertz CT molecular complexity index is 1910. The number of rotatable bonds is 6. The summed E-state index contributed by atoms with van der Waals surface area (Å²) >= 11 is 0. The lowest BCUT2D eigenvalue weighted by atomic mass is 9.86. The quantitative estimate of drug-likeness (QED) is 0.353. The average Bonchev–Trinajstić information content (AvgIpc) is 3.75. The molecule has 5 rings (SSSR count). The molecule has 3 aromatic heterocycles. The number of nitrogens with zero attached hydrogens (tertiary/aromatic N) is 5. The van der Waals surface area contributed by atoms with E-state index in [1.54, 1.807) is 26.2 Å². The number of halogens is 1. The van der Waals surface area contributed by atoms with Crippen molar-refractivity contribution in [2.45, 2.75) is 39.2 Å². The number of pyridine rings is 2. The highest BCUT2D eigenvalue weighted by molar-refractivity contribution is 5.99. The van der Waals surface area contributed by atoms with Gasteiger partial charge in [0.25, 0.3) is 11.1 Å². The highest BCUT2D eigenvalue weighted by atomic mass is 19.1. The molecule has 1 aliphatic rings. The number of aliphatic hydroxyl groups is 1. The molecule has 12 heteroatoms. The Morgan fingerprint density at radius 2 is 1.86 bits per heavy atom. The second kappa shape index (κ2) is 10.8. The fourth-order valence-electron chi connectivity index (χ4n) is 5.17. The summed E-state index contributed by atoms with van der Waals surface area (Å²) < 4.78 is 17.5. The van der Waals surface area contributed by atoms with E-state index in [1.165, 1.54) is 47.2 Å². The Morgan fingerprint density at radius 3 is 2.51 bits per heavy atom. The van der Waals surface area contributed by atoms with E-state index in [2.05, 4.69) is 15.4 Å². The van der Waals surface area contributed by atoms with Crippen molar-refractivity contribution in [2.24, 2.45) is 18.9 Å². The number of benzene rings is 1. The summed E-state index contributed by atoms with van der Waals surface area (Å²) in [5.41, 5.74) is 0.222. The second-order valence-corrected chi connectivity index (χ2v) is 12.1. The molecule has 1 aromatic carbocycles. The summed E-state index contributed by atoms with van der Waals surface area (Å²) in [7, 11) is 4.76. The Labute approximate surface area is 246 Å². The van der Waals surface area contributed by atoms with E-state index in [-0.39, 0.29) is 33.8 Å². The largest absolute Gasteiger partial charge is 0.392 e. The predicted octanol–water partition coefficient (Wildman–Crippen LogP) is 2.74. The normalized spacial score (nSPS) is 16.3. The molecule has 224 valence electrons. The van der Waals surface area contributed by atoms with Gasteiger partial charge in [-0.15, -0.1) is 0 Å². The van der Waals surface area contributed by atoms with Gasteiger partial charge in [0.15, 0.2) is 5.82 Å². The second-order valence-electron chi connectivity index (χ2n) is 12.1. The van der Waals surface area contributed by atoms with Crippen molar-refractivity contribution in [3.05, 3.63) is 80.5 Å². The Balaban J connectivity index is 1.56. The van der Waals surface area contributed by atoms with Crippen molar-refractivity contribution in [1.82, 2.24) is 24.2 Å². The van der Waals surface area contributed by atoms with E-state index in [1.807, 2.05) is 20.8 Å². The zero-order chi connectivity index (χ0) is 31.4. The summed E-state index contributed by atoms with van der Waals surface area (Å²) in [6.45, 7) is 5.26. The van der Waals surface area contributed by atoms with Crippen molar-refractivity contribution in [2.75, 3.05) is 19.4 Å². The number of aryl methyl sites for hydroxylation is 1. The first kappa shape index (κ1) is 29.8. The number of fused-ring (bicyclic) bond motifs is 1. The minimum absolute atomic E-state index is 0.00587. The standard InChI is InChI=1S/C31H33FN6O5/c1-31(2,3)18-9-16-13-34-38(30(43)25(16)23(32)11-18)26-22(15-39)19(7-8-33-26)17-10-24(29(42)37(6)14-17)35-27(40)20-12-21(20)28(41)36(4)5/h7-11,13-14,20-21,39H,12,15H2,1-6H3,(H,35,40). The molecule has 1 saturated carbocycles. The molecule has 2 N–H and O–H groups in total. The molecule has 2 atom stereocenters.